The summed E-state index contributed by atoms with van der Waals surface area (Å²) in [6.45, 7) is 3.33. The van der Waals surface area contributed by atoms with Crippen LogP contribution in [0.25, 0.3) is 0 Å². The fourth-order valence-corrected chi connectivity index (χ4v) is 2.86. The molecule has 18 heavy (non-hydrogen) atoms. The molecule has 2 unspecified atom stereocenters. The first-order chi connectivity index (χ1) is 8.59. The van der Waals surface area contributed by atoms with Crippen molar-refractivity contribution in [2.75, 3.05) is 13.2 Å². The molecule has 0 spiro atoms. The summed E-state index contributed by atoms with van der Waals surface area (Å²) in [6.07, 6.45) is 1.82. The van der Waals surface area contributed by atoms with Crippen molar-refractivity contribution in [3.63, 3.8) is 0 Å². The smallest absolute Gasteiger partial charge is 0.272 e. The largest absolute Gasteiger partial charge is 0.381 e. The van der Waals surface area contributed by atoms with E-state index in [4.69, 9.17) is 4.74 Å². The van der Waals surface area contributed by atoms with Gasteiger partial charge in [-0.05, 0) is 31.2 Å². The van der Waals surface area contributed by atoms with Gasteiger partial charge in [0, 0.05) is 23.1 Å². The first kappa shape index (κ1) is 13.5. The van der Waals surface area contributed by atoms with E-state index < -0.39 is 0 Å². The Bertz CT molecular complexity index is 450. The van der Waals surface area contributed by atoms with E-state index >= 15 is 0 Å². The summed E-state index contributed by atoms with van der Waals surface area (Å²) in [5, 5.41) is 10.9. The van der Waals surface area contributed by atoms with Crippen LogP contribution in [-0.4, -0.2) is 23.0 Å². The Morgan fingerprint density at radius 2 is 2.33 bits per heavy atom. The number of nitro groups is 1. The minimum absolute atomic E-state index is 0.204. The van der Waals surface area contributed by atoms with Crippen LogP contribution in [0.3, 0.4) is 0 Å². The van der Waals surface area contributed by atoms with Gasteiger partial charge in [-0.2, -0.15) is 0 Å². The van der Waals surface area contributed by atoms with Gasteiger partial charge < -0.3 is 4.74 Å². The number of hydrogen-bond acceptors (Lipinski definition) is 3. The molecule has 0 saturated carbocycles. The van der Waals surface area contributed by atoms with E-state index in [1.54, 1.807) is 12.1 Å². The summed E-state index contributed by atoms with van der Waals surface area (Å²) >= 11 is 3.67. The molecule has 0 N–H and O–H groups in total. The highest BCUT2D eigenvalue weighted by Gasteiger charge is 2.25. The average molecular weight is 314 g/mol. The van der Waals surface area contributed by atoms with Gasteiger partial charge in [0.15, 0.2) is 0 Å². The van der Waals surface area contributed by atoms with Crippen molar-refractivity contribution in [3.05, 3.63) is 39.4 Å². The normalized spacial score (nSPS) is 23.9. The fourth-order valence-electron chi connectivity index (χ4n) is 2.33. The summed E-state index contributed by atoms with van der Waals surface area (Å²) in [7, 11) is 0. The van der Waals surface area contributed by atoms with Gasteiger partial charge in [-0.25, -0.2) is 0 Å². The second-order valence-electron chi connectivity index (χ2n) is 4.66. The summed E-state index contributed by atoms with van der Waals surface area (Å²) in [5.41, 5.74) is 2.02. The van der Waals surface area contributed by atoms with Gasteiger partial charge in [-0.15, -0.1) is 0 Å². The van der Waals surface area contributed by atoms with Crippen LogP contribution in [0.5, 0.6) is 0 Å². The van der Waals surface area contributed by atoms with Crippen LogP contribution >= 0.6 is 15.9 Å². The van der Waals surface area contributed by atoms with Gasteiger partial charge in [-0.3, -0.25) is 10.1 Å². The van der Waals surface area contributed by atoms with Crippen LogP contribution in [0.1, 0.15) is 17.5 Å². The number of alkyl halides is 1. The number of ether oxygens (including phenoxy) is 1. The molecule has 1 aliphatic rings. The van der Waals surface area contributed by atoms with E-state index in [9.17, 15) is 10.1 Å². The van der Waals surface area contributed by atoms with E-state index in [0.717, 1.165) is 37.2 Å². The van der Waals surface area contributed by atoms with Gasteiger partial charge in [0.05, 0.1) is 11.5 Å². The Labute approximate surface area is 115 Å². The van der Waals surface area contributed by atoms with Gasteiger partial charge in [0.2, 0.25) is 0 Å². The van der Waals surface area contributed by atoms with Crippen molar-refractivity contribution >= 4 is 21.6 Å². The molecule has 1 heterocycles. The predicted molar refractivity (Wildman–Crippen MR) is 73.2 cm³/mol. The molecule has 0 aliphatic carbocycles. The van der Waals surface area contributed by atoms with Crippen LogP contribution in [0.15, 0.2) is 18.2 Å². The average Bonchev–Trinajstić information content (AvgIpc) is 2.34. The molecule has 2 rings (SSSR count). The molecule has 1 fully saturated rings. The Balaban J connectivity index is 2.18. The van der Waals surface area contributed by atoms with Crippen molar-refractivity contribution in [1.82, 2.24) is 0 Å². The van der Waals surface area contributed by atoms with Crippen LogP contribution in [-0.2, 0) is 11.2 Å². The number of halogens is 1. The second-order valence-corrected chi connectivity index (χ2v) is 5.84. The maximum atomic E-state index is 10.9. The van der Waals surface area contributed by atoms with Crippen molar-refractivity contribution in [3.8, 4) is 0 Å². The minimum Gasteiger partial charge on any atom is -0.381 e. The molecule has 5 heteroatoms. The lowest BCUT2D eigenvalue weighted by Gasteiger charge is -2.27. The predicted octanol–water partition coefficient (Wildman–Crippen LogP) is 3.25. The highest BCUT2D eigenvalue weighted by Crippen LogP contribution is 2.29. The van der Waals surface area contributed by atoms with Crippen molar-refractivity contribution < 1.29 is 9.66 Å². The topological polar surface area (TPSA) is 52.4 Å². The Morgan fingerprint density at radius 1 is 1.56 bits per heavy atom. The molecule has 98 valence electrons. The van der Waals surface area contributed by atoms with E-state index in [1.807, 2.05) is 13.0 Å². The first-order valence-corrected chi connectivity index (χ1v) is 6.96. The quantitative estimate of drug-likeness (QED) is 0.489. The summed E-state index contributed by atoms with van der Waals surface area (Å²) in [5.74, 6) is 0.388. The SMILES string of the molecule is Cc1c(CC2COCCC2Br)cccc1[N+](=O)[O-]. The van der Waals surface area contributed by atoms with Gasteiger partial charge >= 0.3 is 0 Å². The first-order valence-electron chi connectivity index (χ1n) is 6.04. The van der Waals surface area contributed by atoms with Gasteiger partial charge in [-0.1, -0.05) is 28.1 Å². The van der Waals surface area contributed by atoms with Crippen molar-refractivity contribution in [2.24, 2.45) is 5.92 Å². The molecule has 2 atom stereocenters. The molecule has 0 amide bonds. The van der Waals surface area contributed by atoms with Crippen LogP contribution in [0.4, 0.5) is 5.69 Å². The molecular weight excluding hydrogens is 298 g/mol. The van der Waals surface area contributed by atoms with Crippen LogP contribution in [0, 0.1) is 23.0 Å². The number of hydrogen-bond donors (Lipinski definition) is 0. The number of nitro benzene ring substituents is 1. The third kappa shape index (κ3) is 2.90. The molecule has 0 bridgehead atoms. The lowest BCUT2D eigenvalue weighted by molar-refractivity contribution is -0.385. The monoisotopic (exact) mass is 313 g/mol. The zero-order chi connectivity index (χ0) is 13.1. The van der Waals surface area contributed by atoms with E-state index in [0.29, 0.717) is 10.7 Å². The maximum absolute atomic E-state index is 10.9. The highest BCUT2D eigenvalue weighted by atomic mass is 79.9. The van der Waals surface area contributed by atoms with E-state index in [2.05, 4.69) is 15.9 Å². The molecule has 0 aromatic heterocycles. The fraction of sp³-hybridized carbons (Fsp3) is 0.538. The lowest BCUT2D eigenvalue weighted by atomic mass is 9.91. The van der Waals surface area contributed by atoms with Crippen LogP contribution < -0.4 is 0 Å². The summed E-state index contributed by atoms with van der Waals surface area (Å²) < 4.78 is 5.48. The maximum Gasteiger partial charge on any atom is 0.272 e. The number of rotatable bonds is 3. The standard InChI is InChI=1S/C13H16BrNO3/c1-9-10(3-2-4-13(9)15(16)17)7-11-8-18-6-5-12(11)14/h2-4,11-12H,5-8H2,1H3. The number of benzene rings is 1. The summed E-state index contributed by atoms with van der Waals surface area (Å²) in [6, 6.07) is 5.28. The van der Waals surface area contributed by atoms with E-state index in [-0.39, 0.29) is 10.6 Å². The third-order valence-corrected chi connectivity index (χ3v) is 4.68. The van der Waals surface area contributed by atoms with Crippen LogP contribution in [0.2, 0.25) is 0 Å². The van der Waals surface area contributed by atoms with Gasteiger partial charge in [0.1, 0.15) is 0 Å². The zero-order valence-electron chi connectivity index (χ0n) is 10.3. The molecule has 4 nitrogen and oxygen atoms in total. The van der Waals surface area contributed by atoms with Gasteiger partial charge in [0.25, 0.3) is 5.69 Å². The Hall–Kier alpha value is -0.940. The minimum atomic E-state index is -0.318. The van der Waals surface area contributed by atoms with E-state index in [1.165, 1.54) is 0 Å². The molecule has 1 saturated heterocycles. The molecule has 1 aromatic carbocycles. The third-order valence-electron chi connectivity index (χ3n) is 3.48. The summed E-state index contributed by atoms with van der Waals surface area (Å²) in [4.78, 5) is 11.0. The van der Waals surface area contributed by atoms with Crippen molar-refractivity contribution in [2.45, 2.75) is 24.6 Å². The second kappa shape index (κ2) is 5.80. The Kier molecular flexibility index (Phi) is 4.35. The lowest BCUT2D eigenvalue weighted by Crippen LogP contribution is -2.29. The Morgan fingerprint density at radius 3 is 3.00 bits per heavy atom. The van der Waals surface area contributed by atoms with Crippen molar-refractivity contribution in [1.29, 1.82) is 0 Å². The highest BCUT2D eigenvalue weighted by molar-refractivity contribution is 9.09. The molecular formula is C13H16BrNO3. The molecule has 1 aliphatic heterocycles. The molecule has 1 aromatic rings. The number of nitrogens with zero attached hydrogens (tertiary/aromatic N) is 1. The molecule has 0 radical (unpaired) electrons. The zero-order valence-corrected chi connectivity index (χ0v) is 11.9.